The highest BCUT2D eigenvalue weighted by atomic mass is 16.4. The predicted molar refractivity (Wildman–Crippen MR) is 97.7 cm³/mol. The second-order valence-corrected chi connectivity index (χ2v) is 6.11. The molecule has 5 heteroatoms. The molecule has 0 heterocycles. The fourth-order valence-corrected chi connectivity index (χ4v) is 2.61. The van der Waals surface area contributed by atoms with Crippen molar-refractivity contribution in [2.45, 2.75) is 19.8 Å². The molecule has 2 N–H and O–H groups in total. The van der Waals surface area contributed by atoms with E-state index in [0.29, 0.717) is 5.56 Å². The Balaban J connectivity index is 2.24. The molecule has 0 aliphatic carbocycles. The second-order valence-electron chi connectivity index (χ2n) is 6.11. The Morgan fingerprint density at radius 1 is 0.962 bits per heavy atom. The van der Waals surface area contributed by atoms with Gasteiger partial charge in [0.25, 0.3) is 0 Å². The first kappa shape index (κ1) is 19.1. The lowest BCUT2D eigenvalue weighted by Gasteiger charge is -2.13. The summed E-state index contributed by atoms with van der Waals surface area (Å²) in [6, 6.07) is 16.0. The third-order valence-corrected chi connectivity index (χ3v) is 4.00. The van der Waals surface area contributed by atoms with Gasteiger partial charge in [0.2, 0.25) is 0 Å². The lowest BCUT2D eigenvalue weighted by Crippen LogP contribution is -2.25. The van der Waals surface area contributed by atoms with Gasteiger partial charge in [0.05, 0.1) is 11.5 Å². The molecule has 0 saturated carbocycles. The molecule has 0 aliphatic heterocycles. The Kier molecular flexibility index (Phi) is 6.44. The van der Waals surface area contributed by atoms with Crippen molar-refractivity contribution in [1.29, 1.82) is 0 Å². The van der Waals surface area contributed by atoms with Gasteiger partial charge in [-0.25, -0.2) is 4.79 Å². The molecule has 0 amide bonds. The number of rotatable bonds is 8. The van der Waals surface area contributed by atoms with Gasteiger partial charge in [0.1, 0.15) is 5.78 Å². The van der Waals surface area contributed by atoms with Crippen LogP contribution in [0.5, 0.6) is 0 Å². The first-order chi connectivity index (χ1) is 12.4. The highest BCUT2D eigenvalue weighted by Crippen LogP contribution is 2.21. The minimum atomic E-state index is -1.40. The zero-order valence-corrected chi connectivity index (χ0v) is 14.4. The molecule has 2 rings (SSSR count). The molecular formula is C21H20O5. The van der Waals surface area contributed by atoms with Gasteiger partial charge in [0, 0.05) is 12.8 Å². The number of hydrogen-bond donors (Lipinski definition) is 2. The summed E-state index contributed by atoms with van der Waals surface area (Å²) in [5.74, 6) is -4.39. The van der Waals surface area contributed by atoms with Gasteiger partial charge >= 0.3 is 11.9 Å². The average molecular weight is 352 g/mol. The molecule has 0 aliphatic rings. The van der Waals surface area contributed by atoms with Crippen LogP contribution in [0, 0.1) is 12.8 Å². The summed E-state index contributed by atoms with van der Waals surface area (Å²) in [4.78, 5) is 35.5. The maximum atomic E-state index is 12.3. The van der Waals surface area contributed by atoms with Crippen LogP contribution in [0.1, 0.15) is 23.1 Å². The molecule has 0 radical (unpaired) electrons. The van der Waals surface area contributed by atoms with Crippen LogP contribution in [0.2, 0.25) is 0 Å². The van der Waals surface area contributed by atoms with Crippen molar-refractivity contribution in [2.24, 2.45) is 5.92 Å². The predicted octanol–water partition coefficient (Wildman–Crippen LogP) is 3.37. The zero-order valence-electron chi connectivity index (χ0n) is 14.4. The third-order valence-electron chi connectivity index (χ3n) is 4.00. The lowest BCUT2D eigenvalue weighted by atomic mass is 9.90. The van der Waals surface area contributed by atoms with Crippen LogP contribution in [0.15, 0.2) is 60.2 Å². The van der Waals surface area contributed by atoms with Crippen molar-refractivity contribution in [3.05, 3.63) is 76.9 Å². The second kappa shape index (κ2) is 8.76. The molecule has 0 bridgehead atoms. The molecule has 0 fully saturated rings. The van der Waals surface area contributed by atoms with Crippen LogP contribution < -0.4 is 0 Å². The smallest absolute Gasteiger partial charge is 0.332 e. The van der Waals surface area contributed by atoms with E-state index in [1.807, 2.05) is 25.1 Å². The van der Waals surface area contributed by atoms with E-state index in [2.05, 4.69) is 0 Å². The Hall–Kier alpha value is -3.21. The van der Waals surface area contributed by atoms with Gasteiger partial charge in [-0.1, -0.05) is 60.2 Å². The fourth-order valence-electron chi connectivity index (χ4n) is 2.61. The average Bonchev–Trinajstić information content (AvgIpc) is 2.60. The topological polar surface area (TPSA) is 91.7 Å². The monoisotopic (exact) mass is 352 g/mol. The summed E-state index contributed by atoms with van der Waals surface area (Å²) in [6.45, 7) is 1.90. The van der Waals surface area contributed by atoms with Crippen LogP contribution in [-0.4, -0.2) is 27.9 Å². The Labute approximate surface area is 151 Å². The van der Waals surface area contributed by atoms with Gasteiger partial charge in [-0.05, 0) is 24.1 Å². The number of carbonyl (C=O) groups excluding carboxylic acids is 1. The summed E-state index contributed by atoms with van der Waals surface area (Å²) in [5.41, 5.74) is 2.05. The zero-order chi connectivity index (χ0) is 19.1. The Bertz CT molecular complexity index is 819. The normalized spacial score (nSPS) is 12.4. The standard InChI is InChI=1S/C21H20O5/c1-14-7-9-16(10-8-14)12-18(20(23)24)19(21(25)26)13-17(22)11-15-5-3-2-4-6-15/h2-10,12,19H,11,13H2,1H3,(H,23,24)(H,25,26). The minimum Gasteiger partial charge on any atom is -0.481 e. The minimum absolute atomic E-state index is 0.0715. The number of hydrogen-bond acceptors (Lipinski definition) is 3. The van der Waals surface area contributed by atoms with E-state index in [4.69, 9.17) is 0 Å². The van der Waals surface area contributed by atoms with E-state index in [0.717, 1.165) is 11.1 Å². The molecule has 1 unspecified atom stereocenters. The Morgan fingerprint density at radius 2 is 1.58 bits per heavy atom. The number of aryl methyl sites for hydroxylation is 1. The fraction of sp³-hybridized carbons (Fsp3) is 0.190. The van der Waals surface area contributed by atoms with E-state index >= 15 is 0 Å². The van der Waals surface area contributed by atoms with Crippen molar-refractivity contribution in [3.8, 4) is 0 Å². The molecular weight excluding hydrogens is 332 g/mol. The van der Waals surface area contributed by atoms with Gasteiger partial charge in [0.15, 0.2) is 0 Å². The largest absolute Gasteiger partial charge is 0.481 e. The molecule has 2 aromatic carbocycles. The molecule has 26 heavy (non-hydrogen) atoms. The molecule has 1 atom stereocenters. The highest BCUT2D eigenvalue weighted by molar-refractivity contribution is 6.00. The molecule has 0 aromatic heterocycles. The third kappa shape index (κ3) is 5.41. The van der Waals surface area contributed by atoms with Crippen LogP contribution in [0.3, 0.4) is 0 Å². The summed E-state index contributed by atoms with van der Waals surface area (Å²) in [6.07, 6.45) is 1.02. The molecule has 134 valence electrons. The van der Waals surface area contributed by atoms with Gasteiger partial charge in [-0.2, -0.15) is 0 Å². The van der Waals surface area contributed by atoms with Crippen molar-refractivity contribution in [3.63, 3.8) is 0 Å². The lowest BCUT2D eigenvalue weighted by molar-refractivity contribution is -0.145. The number of ketones is 1. The number of Topliss-reactive ketones (excluding diaryl/α,β-unsaturated/α-hetero) is 1. The molecule has 0 saturated heterocycles. The van der Waals surface area contributed by atoms with Crippen LogP contribution >= 0.6 is 0 Å². The quantitative estimate of drug-likeness (QED) is 0.711. The van der Waals surface area contributed by atoms with Crippen molar-refractivity contribution < 1.29 is 24.6 Å². The molecule has 0 spiro atoms. The van der Waals surface area contributed by atoms with Gasteiger partial charge in [-0.3, -0.25) is 9.59 Å². The van der Waals surface area contributed by atoms with E-state index in [-0.39, 0.29) is 24.2 Å². The van der Waals surface area contributed by atoms with E-state index in [9.17, 15) is 24.6 Å². The maximum absolute atomic E-state index is 12.3. The van der Waals surface area contributed by atoms with Crippen molar-refractivity contribution in [1.82, 2.24) is 0 Å². The maximum Gasteiger partial charge on any atom is 0.332 e. The number of carbonyl (C=O) groups is 3. The number of carboxylic acids is 2. The summed E-state index contributed by atoms with van der Waals surface area (Å²) in [7, 11) is 0. The first-order valence-electron chi connectivity index (χ1n) is 8.17. The Morgan fingerprint density at radius 3 is 2.12 bits per heavy atom. The van der Waals surface area contributed by atoms with Gasteiger partial charge in [-0.15, -0.1) is 0 Å². The molecule has 5 nitrogen and oxygen atoms in total. The van der Waals surface area contributed by atoms with Crippen molar-refractivity contribution in [2.75, 3.05) is 0 Å². The number of aliphatic carboxylic acids is 2. The van der Waals surface area contributed by atoms with Gasteiger partial charge < -0.3 is 10.2 Å². The van der Waals surface area contributed by atoms with E-state index in [1.165, 1.54) is 6.08 Å². The number of benzene rings is 2. The SMILES string of the molecule is Cc1ccc(C=C(C(=O)O)C(CC(=O)Cc2ccccc2)C(=O)O)cc1. The summed E-state index contributed by atoms with van der Waals surface area (Å²) in [5, 5.41) is 18.9. The van der Waals surface area contributed by atoms with Crippen molar-refractivity contribution >= 4 is 23.8 Å². The summed E-state index contributed by atoms with van der Waals surface area (Å²) < 4.78 is 0. The summed E-state index contributed by atoms with van der Waals surface area (Å²) >= 11 is 0. The van der Waals surface area contributed by atoms with E-state index < -0.39 is 17.9 Å². The number of carboxylic acid groups (broad SMARTS) is 2. The van der Waals surface area contributed by atoms with Crippen LogP contribution in [0.25, 0.3) is 6.08 Å². The van der Waals surface area contributed by atoms with Crippen LogP contribution in [0.4, 0.5) is 0 Å². The van der Waals surface area contributed by atoms with Crippen LogP contribution in [-0.2, 0) is 20.8 Å². The highest BCUT2D eigenvalue weighted by Gasteiger charge is 2.29. The first-order valence-corrected chi connectivity index (χ1v) is 8.17. The molecule has 2 aromatic rings. The van der Waals surface area contributed by atoms with E-state index in [1.54, 1.807) is 36.4 Å².